The highest BCUT2D eigenvalue weighted by Crippen LogP contribution is 2.22. The topological polar surface area (TPSA) is 68.9 Å². The summed E-state index contributed by atoms with van der Waals surface area (Å²) in [4.78, 5) is 4.35. The number of nitrogens with two attached hydrogens (primary N) is 1. The van der Waals surface area contributed by atoms with Gasteiger partial charge >= 0.3 is 0 Å². The van der Waals surface area contributed by atoms with Gasteiger partial charge in [0.2, 0.25) is 0 Å². The number of methoxy groups -OCH3 is 2. The molecule has 0 saturated heterocycles. The van der Waals surface area contributed by atoms with E-state index in [2.05, 4.69) is 10.3 Å². The number of guanidine groups is 1. The Labute approximate surface area is 170 Å². The molecule has 0 aromatic heterocycles. The first-order valence-electron chi connectivity index (χ1n) is 7.60. The third-order valence-corrected chi connectivity index (χ3v) is 3.86. The summed E-state index contributed by atoms with van der Waals surface area (Å²) in [7, 11) is 3.27. The molecule has 0 heterocycles. The number of aliphatic imine (C=N–C) groups is 1. The Kier molecular flexibility index (Phi) is 9.62. The predicted molar refractivity (Wildman–Crippen MR) is 114 cm³/mol. The molecular weight excluding hydrogens is 453 g/mol. The summed E-state index contributed by atoms with van der Waals surface area (Å²) >= 11 is 6.22. The molecular formula is C18H23ClIN3O2. The van der Waals surface area contributed by atoms with Crippen molar-refractivity contribution in [3.8, 4) is 5.75 Å². The molecule has 3 N–H and O–H groups in total. The van der Waals surface area contributed by atoms with Gasteiger partial charge in [-0.05, 0) is 30.2 Å². The van der Waals surface area contributed by atoms with Gasteiger partial charge in [-0.15, -0.1) is 24.0 Å². The summed E-state index contributed by atoms with van der Waals surface area (Å²) in [5.74, 6) is 1.10. The molecule has 0 bridgehead atoms. The zero-order valence-corrected chi connectivity index (χ0v) is 17.4. The molecule has 0 aliphatic carbocycles. The number of benzene rings is 2. The van der Waals surface area contributed by atoms with E-state index in [1.165, 1.54) is 0 Å². The molecule has 2 rings (SSSR count). The number of rotatable bonds is 7. The number of para-hydroxylation sites is 1. The molecule has 2 aromatic rings. The van der Waals surface area contributed by atoms with Gasteiger partial charge in [0.05, 0.1) is 13.7 Å². The Morgan fingerprint density at radius 3 is 2.60 bits per heavy atom. The molecule has 0 radical (unpaired) electrons. The Balaban J connectivity index is 0.00000312. The minimum absolute atomic E-state index is 0. The van der Waals surface area contributed by atoms with Crippen LogP contribution in [0.3, 0.4) is 0 Å². The number of nitrogens with zero attached hydrogens (tertiary/aromatic N) is 1. The van der Waals surface area contributed by atoms with E-state index in [-0.39, 0.29) is 24.0 Å². The van der Waals surface area contributed by atoms with E-state index >= 15 is 0 Å². The van der Waals surface area contributed by atoms with Crippen molar-refractivity contribution in [2.45, 2.75) is 13.0 Å². The highest BCUT2D eigenvalue weighted by molar-refractivity contribution is 14.0. The van der Waals surface area contributed by atoms with Crippen molar-refractivity contribution < 1.29 is 9.47 Å². The van der Waals surface area contributed by atoms with Gasteiger partial charge in [0.15, 0.2) is 5.96 Å². The lowest BCUT2D eigenvalue weighted by Gasteiger charge is -2.11. The third kappa shape index (κ3) is 6.72. The van der Waals surface area contributed by atoms with Crippen LogP contribution >= 0.6 is 35.6 Å². The lowest BCUT2D eigenvalue weighted by atomic mass is 10.1. The molecule has 0 atom stereocenters. The second-order valence-corrected chi connectivity index (χ2v) is 5.60. The quantitative estimate of drug-likeness (QED) is 0.360. The van der Waals surface area contributed by atoms with Crippen LogP contribution in [0.4, 0.5) is 5.69 Å². The van der Waals surface area contributed by atoms with Crippen LogP contribution in [0.25, 0.3) is 0 Å². The number of nitrogens with one attached hydrogen (secondary N) is 1. The summed E-state index contributed by atoms with van der Waals surface area (Å²) in [5, 5.41) is 3.78. The Hall–Kier alpha value is -1.51. The van der Waals surface area contributed by atoms with Gasteiger partial charge in [-0.25, -0.2) is 0 Å². The Bertz CT molecular complexity index is 710. The fourth-order valence-corrected chi connectivity index (χ4v) is 2.52. The maximum atomic E-state index is 6.22. The molecule has 136 valence electrons. The fraction of sp³-hybridized carbons (Fsp3) is 0.278. The highest BCUT2D eigenvalue weighted by Gasteiger charge is 2.04. The van der Waals surface area contributed by atoms with Crippen LogP contribution in [-0.4, -0.2) is 26.7 Å². The second kappa shape index (κ2) is 11.2. The Morgan fingerprint density at radius 2 is 1.92 bits per heavy atom. The van der Waals surface area contributed by atoms with Gasteiger partial charge in [0.1, 0.15) is 5.75 Å². The van der Waals surface area contributed by atoms with E-state index in [0.29, 0.717) is 30.6 Å². The molecule has 5 nitrogen and oxygen atoms in total. The molecule has 0 aliphatic heterocycles. The number of ether oxygens (including phenoxy) is 2. The van der Waals surface area contributed by atoms with Gasteiger partial charge in [0, 0.05) is 29.9 Å². The minimum Gasteiger partial charge on any atom is -0.497 e. The van der Waals surface area contributed by atoms with Gasteiger partial charge in [0.25, 0.3) is 0 Å². The zero-order chi connectivity index (χ0) is 17.4. The molecule has 0 saturated carbocycles. The molecule has 2 aromatic carbocycles. The van der Waals surface area contributed by atoms with Crippen molar-refractivity contribution in [1.82, 2.24) is 0 Å². The van der Waals surface area contributed by atoms with Crippen LogP contribution in [0.1, 0.15) is 11.1 Å². The zero-order valence-electron chi connectivity index (χ0n) is 14.3. The molecule has 0 unspecified atom stereocenters. The molecule has 0 spiro atoms. The van der Waals surface area contributed by atoms with Crippen molar-refractivity contribution in [2.75, 3.05) is 26.1 Å². The number of hydrogen-bond donors (Lipinski definition) is 2. The van der Waals surface area contributed by atoms with Crippen LogP contribution in [0.15, 0.2) is 47.5 Å². The van der Waals surface area contributed by atoms with Crippen molar-refractivity contribution >= 4 is 47.2 Å². The third-order valence-electron chi connectivity index (χ3n) is 3.50. The van der Waals surface area contributed by atoms with E-state index < -0.39 is 0 Å². The van der Waals surface area contributed by atoms with E-state index in [0.717, 1.165) is 22.6 Å². The van der Waals surface area contributed by atoms with Gasteiger partial charge < -0.3 is 20.5 Å². The van der Waals surface area contributed by atoms with Crippen molar-refractivity contribution in [3.05, 3.63) is 58.6 Å². The summed E-state index contributed by atoms with van der Waals surface area (Å²) in [5.41, 5.74) is 8.89. The number of anilines is 1. The summed E-state index contributed by atoms with van der Waals surface area (Å²) in [6.07, 6.45) is 0.699. The normalized spacial score (nSPS) is 10.9. The van der Waals surface area contributed by atoms with Crippen molar-refractivity contribution in [1.29, 1.82) is 0 Å². The van der Waals surface area contributed by atoms with E-state index in [1.807, 2.05) is 36.4 Å². The summed E-state index contributed by atoms with van der Waals surface area (Å²) < 4.78 is 10.3. The van der Waals surface area contributed by atoms with E-state index in [1.54, 1.807) is 20.3 Å². The molecule has 0 amide bonds. The molecule has 0 fully saturated rings. The lowest BCUT2D eigenvalue weighted by Crippen LogP contribution is -2.23. The van der Waals surface area contributed by atoms with E-state index in [4.69, 9.17) is 26.8 Å². The predicted octanol–water partition coefficient (Wildman–Crippen LogP) is 4.08. The highest BCUT2D eigenvalue weighted by atomic mass is 127. The molecule has 0 aliphatic rings. The van der Waals surface area contributed by atoms with Gasteiger partial charge in [-0.1, -0.05) is 35.9 Å². The maximum Gasteiger partial charge on any atom is 0.193 e. The molecule has 25 heavy (non-hydrogen) atoms. The van der Waals surface area contributed by atoms with Crippen LogP contribution in [0, 0.1) is 0 Å². The Morgan fingerprint density at radius 1 is 1.16 bits per heavy atom. The summed E-state index contributed by atoms with van der Waals surface area (Å²) in [6, 6.07) is 13.4. The van der Waals surface area contributed by atoms with Crippen LogP contribution in [0.2, 0.25) is 5.02 Å². The monoisotopic (exact) mass is 475 g/mol. The average molecular weight is 476 g/mol. The van der Waals surface area contributed by atoms with Crippen molar-refractivity contribution in [2.24, 2.45) is 10.7 Å². The molecule has 7 heteroatoms. The lowest BCUT2D eigenvalue weighted by molar-refractivity contribution is 0.185. The van der Waals surface area contributed by atoms with Crippen LogP contribution in [0.5, 0.6) is 5.75 Å². The first kappa shape index (κ1) is 21.5. The number of halogens is 2. The maximum absolute atomic E-state index is 6.22. The first-order valence-corrected chi connectivity index (χ1v) is 7.98. The SMILES string of the molecule is COCc1ccccc1NC(N)=NCCc1ccc(OC)cc1Cl.I. The smallest absolute Gasteiger partial charge is 0.193 e. The van der Waals surface area contributed by atoms with Crippen LogP contribution in [-0.2, 0) is 17.8 Å². The van der Waals surface area contributed by atoms with Crippen LogP contribution < -0.4 is 15.8 Å². The largest absolute Gasteiger partial charge is 0.497 e. The average Bonchev–Trinajstić information content (AvgIpc) is 2.58. The van der Waals surface area contributed by atoms with E-state index in [9.17, 15) is 0 Å². The van der Waals surface area contributed by atoms with Gasteiger partial charge in [-0.2, -0.15) is 0 Å². The van der Waals surface area contributed by atoms with Gasteiger partial charge in [-0.3, -0.25) is 4.99 Å². The second-order valence-electron chi connectivity index (χ2n) is 5.19. The fourth-order valence-electron chi connectivity index (χ4n) is 2.26. The minimum atomic E-state index is 0. The first-order chi connectivity index (χ1) is 11.6. The number of hydrogen-bond acceptors (Lipinski definition) is 3. The van der Waals surface area contributed by atoms with Crippen molar-refractivity contribution in [3.63, 3.8) is 0 Å². The standard InChI is InChI=1S/C18H22ClN3O2.HI/c1-23-12-14-5-3-4-6-17(14)22-18(20)21-10-9-13-7-8-15(24-2)11-16(13)19;/h3-8,11H,9-10,12H2,1-2H3,(H3,20,21,22);1H. The summed E-state index contributed by atoms with van der Waals surface area (Å²) in [6.45, 7) is 1.05.